The molecule has 4 heterocycles. The van der Waals surface area contributed by atoms with Crippen LogP contribution in [0.3, 0.4) is 0 Å². The monoisotopic (exact) mass is 350 g/mol. The molecule has 26 heavy (non-hydrogen) atoms. The van der Waals surface area contributed by atoms with Gasteiger partial charge in [-0.2, -0.15) is 0 Å². The maximum absolute atomic E-state index is 13.0. The summed E-state index contributed by atoms with van der Waals surface area (Å²) in [6, 6.07) is 11.5. The Kier molecular flexibility index (Phi) is 3.14. The average Bonchev–Trinajstić information content (AvgIpc) is 3.01. The van der Waals surface area contributed by atoms with Gasteiger partial charge in [0.2, 0.25) is 0 Å². The SMILES string of the molecule is CC[C@]1(O)c2cc3n(c(=O)c2CON1[O-])Cc1cc2ccccc2nc1-3. The summed E-state index contributed by atoms with van der Waals surface area (Å²) in [5, 5.41) is 24.1. The molecule has 3 aromatic rings. The number of hydrogen-bond acceptors (Lipinski definition) is 6. The highest BCUT2D eigenvalue weighted by molar-refractivity contribution is 5.84. The summed E-state index contributed by atoms with van der Waals surface area (Å²) in [4.78, 5) is 22.7. The van der Waals surface area contributed by atoms with Gasteiger partial charge in [-0.05, 0) is 24.6 Å². The Morgan fingerprint density at radius 2 is 2.15 bits per heavy atom. The zero-order valence-electron chi connectivity index (χ0n) is 14.1. The molecule has 7 heteroatoms. The van der Waals surface area contributed by atoms with E-state index in [9.17, 15) is 15.1 Å². The molecule has 0 fully saturated rings. The van der Waals surface area contributed by atoms with Crippen LogP contribution >= 0.6 is 0 Å². The Balaban J connectivity index is 1.80. The fourth-order valence-corrected chi connectivity index (χ4v) is 3.86. The van der Waals surface area contributed by atoms with Crippen molar-refractivity contribution in [3.05, 3.63) is 68.6 Å². The zero-order valence-corrected chi connectivity index (χ0v) is 14.1. The van der Waals surface area contributed by atoms with Crippen LogP contribution < -0.4 is 5.56 Å². The Morgan fingerprint density at radius 3 is 2.96 bits per heavy atom. The van der Waals surface area contributed by atoms with Gasteiger partial charge in [-0.1, -0.05) is 25.1 Å². The van der Waals surface area contributed by atoms with Crippen LogP contribution in [0.15, 0.2) is 41.2 Å². The fourth-order valence-electron chi connectivity index (χ4n) is 3.86. The zero-order chi connectivity index (χ0) is 18.1. The highest BCUT2D eigenvalue weighted by atomic mass is 16.9. The molecule has 1 aromatic carbocycles. The van der Waals surface area contributed by atoms with Gasteiger partial charge in [0.25, 0.3) is 5.56 Å². The van der Waals surface area contributed by atoms with E-state index in [4.69, 9.17) is 9.82 Å². The third-order valence-electron chi connectivity index (χ3n) is 5.33. The van der Waals surface area contributed by atoms with E-state index in [2.05, 4.69) is 0 Å². The van der Waals surface area contributed by atoms with Gasteiger partial charge in [-0.3, -0.25) is 4.79 Å². The van der Waals surface area contributed by atoms with E-state index in [1.807, 2.05) is 30.3 Å². The van der Waals surface area contributed by atoms with Crippen LogP contribution in [0.4, 0.5) is 0 Å². The second-order valence-corrected chi connectivity index (χ2v) is 6.70. The number of aliphatic hydroxyl groups is 1. The maximum Gasteiger partial charge on any atom is 0.257 e. The Hall–Kier alpha value is -2.58. The van der Waals surface area contributed by atoms with E-state index in [1.54, 1.807) is 17.6 Å². The molecule has 132 valence electrons. The predicted molar refractivity (Wildman–Crippen MR) is 94.7 cm³/mol. The number of aromatic nitrogens is 2. The summed E-state index contributed by atoms with van der Waals surface area (Å²) in [5.41, 5.74) is 1.62. The van der Waals surface area contributed by atoms with Gasteiger partial charge in [-0.15, -0.1) is 0 Å². The molecule has 0 bridgehead atoms. The molecule has 5 rings (SSSR count). The molecule has 0 unspecified atom stereocenters. The minimum atomic E-state index is -1.87. The lowest BCUT2D eigenvalue weighted by atomic mass is 9.94. The molecule has 0 saturated carbocycles. The first-order chi connectivity index (χ1) is 12.5. The van der Waals surface area contributed by atoms with E-state index in [0.717, 1.165) is 16.5 Å². The van der Waals surface area contributed by atoms with Gasteiger partial charge in [0.05, 0.1) is 35.6 Å². The smallest absolute Gasteiger partial charge is 0.257 e. The largest absolute Gasteiger partial charge is 0.760 e. The topological polar surface area (TPSA) is 90.7 Å². The van der Waals surface area contributed by atoms with E-state index < -0.39 is 5.72 Å². The number of pyridine rings is 2. The maximum atomic E-state index is 13.0. The molecule has 0 spiro atoms. The second kappa shape index (κ2) is 5.21. The summed E-state index contributed by atoms with van der Waals surface area (Å²) in [6.45, 7) is 1.94. The molecule has 0 amide bonds. The molecule has 0 aliphatic carbocycles. The lowest BCUT2D eigenvalue weighted by molar-refractivity contribution is -0.292. The molecule has 1 atom stereocenters. The van der Waals surface area contributed by atoms with Gasteiger partial charge in [0, 0.05) is 16.5 Å². The van der Waals surface area contributed by atoms with Gasteiger partial charge < -0.3 is 19.7 Å². The van der Waals surface area contributed by atoms with Crippen LogP contribution in [-0.4, -0.2) is 19.9 Å². The summed E-state index contributed by atoms with van der Waals surface area (Å²) < 4.78 is 1.63. The van der Waals surface area contributed by atoms with E-state index in [0.29, 0.717) is 29.1 Å². The lowest BCUT2D eigenvalue weighted by Crippen LogP contribution is -2.48. The quantitative estimate of drug-likeness (QED) is 0.566. The van der Waals surface area contributed by atoms with Gasteiger partial charge in [0.1, 0.15) is 0 Å². The Bertz CT molecular complexity index is 1120. The third kappa shape index (κ3) is 1.91. The van der Waals surface area contributed by atoms with Crippen LogP contribution in [0.5, 0.6) is 0 Å². The molecule has 7 nitrogen and oxygen atoms in total. The van der Waals surface area contributed by atoms with Crippen molar-refractivity contribution in [1.29, 1.82) is 0 Å². The molecule has 2 aliphatic heterocycles. The molecule has 2 aromatic heterocycles. The summed E-state index contributed by atoms with van der Waals surface area (Å²) in [5.74, 6) is 0. The molecule has 0 radical (unpaired) electrons. The number of hydroxylamine groups is 2. The third-order valence-corrected chi connectivity index (χ3v) is 5.33. The van der Waals surface area contributed by atoms with Crippen LogP contribution in [0.1, 0.15) is 30.0 Å². The molecule has 0 saturated heterocycles. The normalized spacial score (nSPS) is 21.5. The number of para-hydroxylation sites is 1. The highest BCUT2D eigenvalue weighted by Crippen LogP contribution is 2.39. The highest BCUT2D eigenvalue weighted by Gasteiger charge is 2.39. The minimum absolute atomic E-state index is 0.102. The lowest BCUT2D eigenvalue weighted by Gasteiger charge is -2.46. The second-order valence-electron chi connectivity index (χ2n) is 6.70. The van der Waals surface area contributed by atoms with Crippen LogP contribution in [-0.2, 0) is 23.7 Å². The summed E-state index contributed by atoms with van der Waals surface area (Å²) in [7, 11) is 0. The first-order valence-corrected chi connectivity index (χ1v) is 8.52. The van der Waals surface area contributed by atoms with Crippen molar-refractivity contribution in [1.82, 2.24) is 14.8 Å². The van der Waals surface area contributed by atoms with Gasteiger partial charge in [-0.25, -0.2) is 10.2 Å². The number of rotatable bonds is 1. The molecule has 2 aliphatic rings. The van der Waals surface area contributed by atoms with Gasteiger partial charge >= 0.3 is 0 Å². The fraction of sp³-hybridized carbons (Fsp3) is 0.263. The summed E-state index contributed by atoms with van der Waals surface area (Å²) in [6.07, 6.45) is 0.102. The van der Waals surface area contributed by atoms with Crippen LogP contribution in [0.2, 0.25) is 0 Å². The molecular weight excluding hydrogens is 334 g/mol. The molecular formula is C19H16N3O4-. The standard InChI is InChI=1S/C19H16N3O4/c1-2-19(24)14-8-16-17-12(7-11-5-3-4-6-15(11)20-17)9-21(16)18(23)13(14)10-26-22(19)25/h3-8,24H,2,9-10H2,1H3/q-1/t19-/m0/s1. The average molecular weight is 350 g/mol. The Morgan fingerprint density at radius 1 is 1.35 bits per heavy atom. The van der Waals surface area contributed by atoms with Crippen molar-refractivity contribution in [2.24, 2.45) is 0 Å². The number of hydrogen-bond donors (Lipinski definition) is 1. The number of fused-ring (bicyclic) bond motifs is 5. The first kappa shape index (κ1) is 15.7. The Labute approximate surface area is 148 Å². The van der Waals surface area contributed by atoms with Crippen molar-refractivity contribution in [3.63, 3.8) is 0 Å². The van der Waals surface area contributed by atoms with Crippen molar-refractivity contribution in [2.45, 2.75) is 32.2 Å². The van der Waals surface area contributed by atoms with Crippen molar-refractivity contribution < 1.29 is 9.94 Å². The van der Waals surface area contributed by atoms with E-state index in [1.165, 1.54) is 0 Å². The van der Waals surface area contributed by atoms with Crippen LogP contribution in [0.25, 0.3) is 22.3 Å². The van der Waals surface area contributed by atoms with Crippen LogP contribution in [0, 0.1) is 5.21 Å². The predicted octanol–water partition coefficient (Wildman–Crippen LogP) is 2.23. The van der Waals surface area contributed by atoms with Crippen molar-refractivity contribution in [3.8, 4) is 11.4 Å². The molecule has 1 N–H and O–H groups in total. The van der Waals surface area contributed by atoms with E-state index in [-0.39, 0.29) is 23.8 Å². The summed E-state index contributed by atoms with van der Waals surface area (Å²) >= 11 is 0. The minimum Gasteiger partial charge on any atom is -0.760 e. The number of benzene rings is 1. The van der Waals surface area contributed by atoms with Gasteiger partial charge in [0.15, 0.2) is 5.72 Å². The van der Waals surface area contributed by atoms with E-state index >= 15 is 0 Å². The van der Waals surface area contributed by atoms with Crippen molar-refractivity contribution in [2.75, 3.05) is 0 Å². The first-order valence-electron chi connectivity index (χ1n) is 8.52. The number of nitrogens with zero attached hydrogens (tertiary/aromatic N) is 3. The van der Waals surface area contributed by atoms with Crippen molar-refractivity contribution >= 4 is 10.9 Å².